The molecule has 5 heteroatoms. The maximum absolute atomic E-state index is 11.9. The van der Waals surface area contributed by atoms with Gasteiger partial charge in [-0.1, -0.05) is 29.8 Å². The van der Waals surface area contributed by atoms with Gasteiger partial charge in [0.2, 0.25) is 11.8 Å². The summed E-state index contributed by atoms with van der Waals surface area (Å²) in [6.45, 7) is 4.29. The number of aryl methyl sites for hydroxylation is 2. The lowest BCUT2D eigenvalue weighted by atomic mass is 10.1. The second kappa shape index (κ2) is 7.79. The normalized spacial score (nSPS) is 10.2. The van der Waals surface area contributed by atoms with Crippen LogP contribution in [0.25, 0.3) is 0 Å². The fraction of sp³-hybridized carbons (Fsp3) is 0.222. The predicted molar refractivity (Wildman–Crippen MR) is 92.5 cm³/mol. The number of halogens is 1. The van der Waals surface area contributed by atoms with Crippen LogP contribution in [-0.4, -0.2) is 11.8 Å². The quantitative estimate of drug-likeness (QED) is 0.823. The molecule has 23 heavy (non-hydrogen) atoms. The van der Waals surface area contributed by atoms with Crippen LogP contribution in [-0.2, 0) is 16.1 Å². The SMILES string of the molecule is Cc1cc(C)cc(NC(=O)CC(=O)NCc2ccc(Cl)cc2)c1. The summed E-state index contributed by atoms with van der Waals surface area (Å²) in [5.74, 6) is -0.648. The standard InChI is InChI=1S/C18H19ClN2O2/c1-12-7-13(2)9-16(8-12)21-18(23)10-17(22)20-11-14-3-5-15(19)6-4-14/h3-9H,10-11H2,1-2H3,(H,20,22)(H,21,23). The molecule has 0 aliphatic rings. The first kappa shape index (κ1) is 17.0. The summed E-state index contributed by atoms with van der Waals surface area (Å²) in [5.41, 5.74) is 3.76. The highest BCUT2D eigenvalue weighted by Crippen LogP contribution is 2.14. The Kier molecular flexibility index (Phi) is 5.77. The molecule has 0 aromatic heterocycles. The lowest BCUT2D eigenvalue weighted by Gasteiger charge is -2.08. The van der Waals surface area contributed by atoms with Crippen molar-refractivity contribution in [2.45, 2.75) is 26.8 Å². The molecule has 0 atom stereocenters. The topological polar surface area (TPSA) is 58.2 Å². The lowest BCUT2D eigenvalue weighted by molar-refractivity contribution is -0.126. The van der Waals surface area contributed by atoms with Crippen LogP contribution in [0.15, 0.2) is 42.5 Å². The summed E-state index contributed by atoms with van der Waals surface area (Å²) in [5, 5.41) is 6.10. The average Bonchev–Trinajstić information content (AvgIpc) is 2.45. The summed E-state index contributed by atoms with van der Waals surface area (Å²) < 4.78 is 0. The molecule has 2 rings (SSSR count). The van der Waals surface area contributed by atoms with Crippen molar-refractivity contribution >= 4 is 29.1 Å². The van der Waals surface area contributed by atoms with Crippen molar-refractivity contribution < 1.29 is 9.59 Å². The molecule has 4 nitrogen and oxygen atoms in total. The minimum absolute atomic E-state index is 0.208. The number of rotatable bonds is 5. The zero-order chi connectivity index (χ0) is 16.8. The third kappa shape index (κ3) is 5.75. The van der Waals surface area contributed by atoms with Gasteiger partial charge in [-0.2, -0.15) is 0 Å². The number of carbonyl (C=O) groups excluding carboxylic acids is 2. The van der Waals surface area contributed by atoms with Gasteiger partial charge in [0.25, 0.3) is 0 Å². The Balaban J connectivity index is 1.82. The van der Waals surface area contributed by atoms with Gasteiger partial charge in [0.15, 0.2) is 0 Å². The molecule has 0 spiro atoms. The number of anilines is 1. The summed E-state index contributed by atoms with van der Waals surface area (Å²) in [7, 11) is 0. The van der Waals surface area contributed by atoms with Gasteiger partial charge in [0.1, 0.15) is 6.42 Å². The molecule has 0 saturated carbocycles. The molecule has 2 aromatic rings. The van der Waals surface area contributed by atoms with Gasteiger partial charge in [-0.3, -0.25) is 9.59 Å². The number of nitrogens with one attached hydrogen (secondary N) is 2. The third-order valence-electron chi connectivity index (χ3n) is 3.23. The minimum Gasteiger partial charge on any atom is -0.352 e. The van der Waals surface area contributed by atoms with Gasteiger partial charge in [-0.05, 0) is 54.8 Å². The molecule has 0 bridgehead atoms. The second-order valence-corrected chi connectivity index (χ2v) is 5.94. The van der Waals surface area contributed by atoms with E-state index in [2.05, 4.69) is 10.6 Å². The van der Waals surface area contributed by atoms with Crippen LogP contribution in [0.1, 0.15) is 23.1 Å². The van der Waals surface area contributed by atoms with Gasteiger partial charge in [0.05, 0.1) is 0 Å². The molecule has 0 fully saturated rings. The number of hydrogen-bond donors (Lipinski definition) is 2. The first-order valence-corrected chi connectivity index (χ1v) is 7.69. The monoisotopic (exact) mass is 330 g/mol. The molecule has 0 heterocycles. The summed E-state index contributed by atoms with van der Waals surface area (Å²) >= 11 is 5.80. The van der Waals surface area contributed by atoms with Crippen molar-refractivity contribution in [1.29, 1.82) is 0 Å². The Hall–Kier alpha value is -2.33. The zero-order valence-electron chi connectivity index (χ0n) is 13.2. The van der Waals surface area contributed by atoms with E-state index in [-0.39, 0.29) is 18.2 Å². The summed E-state index contributed by atoms with van der Waals surface area (Å²) in [6.07, 6.45) is -0.208. The molecule has 0 radical (unpaired) electrons. The van der Waals surface area contributed by atoms with Crippen LogP contribution in [0.4, 0.5) is 5.69 Å². The van der Waals surface area contributed by atoms with E-state index in [4.69, 9.17) is 11.6 Å². The first-order valence-electron chi connectivity index (χ1n) is 7.31. The molecule has 0 aliphatic heterocycles. The third-order valence-corrected chi connectivity index (χ3v) is 3.48. The molecule has 120 valence electrons. The molecule has 0 saturated heterocycles. The highest BCUT2D eigenvalue weighted by molar-refractivity contribution is 6.30. The van der Waals surface area contributed by atoms with Crippen molar-refractivity contribution in [1.82, 2.24) is 5.32 Å². The van der Waals surface area contributed by atoms with Crippen molar-refractivity contribution in [2.75, 3.05) is 5.32 Å². The maximum Gasteiger partial charge on any atom is 0.233 e. The molecule has 2 N–H and O–H groups in total. The van der Waals surface area contributed by atoms with E-state index in [0.29, 0.717) is 17.3 Å². The van der Waals surface area contributed by atoms with Crippen LogP contribution in [0.5, 0.6) is 0 Å². The van der Waals surface area contributed by atoms with Gasteiger partial charge >= 0.3 is 0 Å². The molecule has 2 aromatic carbocycles. The van der Waals surface area contributed by atoms with Crippen molar-refractivity contribution in [3.05, 3.63) is 64.2 Å². The van der Waals surface area contributed by atoms with E-state index in [9.17, 15) is 9.59 Å². The predicted octanol–water partition coefficient (Wildman–Crippen LogP) is 3.60. The highest BCUT2D eigenvalue weighted by atomic mass is 35.5. The van der Waals surface area contributed by atoms with Gasteiger partial charge in [-0.15, -0.1) is 0 Å². The number of carbonyl (C=O) groups is 2. The van der Waals surface area contributed by atoms with Crippen LogP contribution in [0.3, 0.4) is 0 Å². The van der Waals surface area contributed by atoms with Crippen LogP contribution in [0, 0.1) is 13.8 Å². The van der Waals surface area contributed by atoms with E-state index in [1.165, 1.54) is 0 Å². The number of benzene rings is 2. The van der Waals surface area contributed by atoms with E-state index >= 15 is 0 Å². The molecular formula is C18H19ClN2O2. The van der Waals surface area contributed by atoms with Crippen molar-refractivity contribution in [2.24, 2.45) is 0 Å². The summed E-state index contributed by atoms with van der Waals surface area (Å²) in [4.78, 5) is 23.7. The second-order valence-electron chi connectivity index (χ2n) is 5.50. The minimum atomic E-state index is -0.330. The Morgan fingerprint density at radius 3 is 2.17 bits per heavy atom. The molecular weight excluding hydrogens is 312 g/mol. The molecule has 0 unspecified atom stereocenters. The molecule has 2 amide bonds. The first-order chi connectivity index (χ1) is 10.9. The van der Waals surface area contributed by atoms with Crippen molar-refractivity contribution in [3.8, 4) is 0 Å². The number of hydrogen-bond acceptors (Lipinski definition) is 2. The van der Waals surface area contributed by atoms with Gasteiger partial charge in [-0.25, -0.2) is 0 Å². The fourth-order valence-electron chi connectivity index (χ4n) is 2.26. The van der Waals surface area contributed by atoms with Crippen LogP contribution >= 0.6 is 11.6 Å². The van der Waals surface area contributed by atoms with E-state index in [1.807, 2.05) is 44.2 Å². The maximum atomic E-state index is 11.9. The smallest absolute Gasteiger partial charge is 0.233 e. The lowest BCUT2D eigenvalue weighted by Crippen LogP contribution is -2.27. The van der Waals surface area contributed by atoms with E-state index in [1.54, 1.807) is 12.1 Å². The Labute approximate surface area is 140 Å². The van der Waals surface area contributed by atoms with E-state index < -0.39 is 0 Å². The van der Waals surface area contributed by atoms with Gasteiger partial charge < -0.3 is 10.6 Å². The Bertz CT molecular complexity index is 691. The molecule has 0 aliphatic carbocycles. The zero-order valence-corrected chi connectivity index (χ0v) is 13.9. The summed E-state index contributed by atoms with van der Waals surface area (Å²) in [6, 6.07) is 12.9. The largest absolute Gasteiger partial charge is 0.352 e. The van der Waals surface area contributed by atoms with Crippen LogP contribution in [0.2, 0.25) is 5.02 Å². The van der Waals surface area contributed by atoms with E-state index in [0.717, 1.165) is 16.7 Å². The highest BCUT2D eigenvalue weighted by Gasteiger charge is 2.10. The Morgan fingerprint density at radius 2 is 1.57 bits per heavy atom. The van der Waals surface area contributed by atoms with Gasteiger partial charge in [0, 0.05) is 17.3 Å². The van der Waals surface area contributed by atoms with Crippen molar-refractivity contribution in [3.63, 3.8) is 0 Å². The van der Waals surface area contributed by atoms with Crippen LogP contribution < -0.4 is 10.6 Å². The Morgan fingerprint density at radius 1 is 0.957 bits per heavy atom. The fourth-order valence-corrected chi connectivity index (χ4v) is 2.39. The average molecular weight is 331 g/mol. The number of amides is 2.